The number of fused-ring (bicyclic) bond motifs is 1. The van der Waals surface area contributed by atoms with E-state index < -0.39 is 5.60 Å². The molecule has 1 saturated heterocycles. The van der Waals surface area contributed by atoms with Crippen molar-refractivity contribution in [1.82, 2.24) is 20.1 Å². The molecule has 1 saturated carbocycles. The smallest absolute Gasteiger partial charge is 0.254 e. The third-order valence-electron chi connectivity index (χ3n) is 8.26. The van der Waals surface area contributed by atoms with Crippen molar-refractivity contribution < 1.29 is 14.7 Å². The summed E-state index contributed by atoms with van der Waals surface area (Å²) < 4.78 is 0. The summed E-state index contributed by atoms with van der Waals surface area (Å²) in [6, 6.07) is 12.1. The molecule has 5 rings (SSSR count). The van der Waals surface area contributed by atoms with Gasteiger partial charge in [0, 0.05) is 49.7 Å². The Morgan fingerprint density at radius 3 is 2.46 bits per heavy atom. The van der Waals surface area contributed by atoms with E-state index in [-0.39, 0.29) is 17.9 Å². The second-order valence-electron chi connectivity index (χ2n) is 11.6. The number of thiophene rings is 1. The van der Waals surface area contributed by atoms with Crippen molar-refractivity contribution in [3.63, 3.8) is 0 Å². The predicted octanol–water partition coefficient (Wildman–Crippen LogP) is 5.08. The summed E-state index contributed by atoms with van der Waals surface area (Å²) in [7, 11) is 0. The van der Waals surface area contributed by atoms with Gasteiger partial charge in [0.1, 0.15) is 5.60 Å². The van der Waals surface area contributed by atoms with Gasteiger partial charge in [0.15, 0.2) is 0 Å². The fourth-order valence-corrected chi connectivity index (χ4v) is 6.77. The maximum Gasteiger partial charge on any atom is 0.254 e. The minimum atomic E-state index is -1.38. The van der Waals surface area contributed by atoms with Crippen LogP contribution < -0.4 is 5.32 Å². The Hall–Kier alpha value is -2.81. The van der Waals surface area contributed by atoms with E-state index in [4.69, 9.17) is 4.98 Å². The van der Waals surface area contributed by atoms with E-state index in [1.165, 1.54) is 46.0 Å². The van der Waals surface area contributed by atoms with Crippen molar-refractivity contribution in [3.05, 3.63) is 52.9 Å². The van der Waals surface area contributed by atoms with Crippen LogP contribution in [0.15, 0.2) is 41.8 Å². The van der Waals surface area contributed by atoms with Gasteiger partial charge >= 0.3 is 0 Å². The molecule has 0 spiro atoms. The minimum absolute atomic E-state index is 0.0321. The molecule has 3 aromatic rings. The molecule has 0 unspecified atom stereocenters. The fourth-order valence-electron chi connectivity index (χ4n) is 6.03. The van der Waals surface area contributed by atoms with Crippen LogP contribution in [0.1, 0.15) is 68.8 Å². The van der Waals surface area contributed by atoms with Gasteiger partial charge in [0.2, 0.25) is 0 Å². The lowest BCUT2D eigenvalue weighted by molar-refractivity contribution is -0.149. The summed E-state index contributed by atoms with van der Waals surface area (Å²) in [6.07, 6.45) is 6.09. The molecule has 2 N–H and O–H groups in total. The van der Waals surface area contributed by atoms with Crippen LogP contribution >= 0.6 is 11.3 Å². The first-order chi connectivity index (χ1) is 18.7. The first-order valence-corrected chi connectivity index (χ1v) is 15.1. The van der Waals surface area contributed by atoms with E-state index in [9.17, 15) is 14.7 Å². The predicted molar refractivity (Wildman–Crippen MR) is 157 cm³/mol. The Morgan fingerprint density at radius 1 is 1.08 bits per heavy atom. The molecule has 2 aromatic heterocycles. The lowest BCUT2D eigenvalue weighted by atomic mass is 9.84. The van der Waals surface area contributed by atoms with E-state index in [1.54, 1.807) is 16.2 Å². The van der Waals surface area contributed by atoms with Crippen LogP contribution in [0.4, 0.5) is 0 Å². The van der Waals surface area contributed by atoms with Gasteiger partial charge in [-0.3, -0.25) is 14.5 Å². The highest BCUT2D eigenvalue weighted by Crippen LogP contribution is 2.34. The van der Waals surface area contributed by atoms with Gasteiger partial charge < -0.3 is 15.3 Å². The summed E-state index contributed by atoms with van der Waals surface area (Å²) in [5, 5.41) is 16.5. The highest BCUT2D eigenvalue weighted by atomic mass is 32.1. The van der Waals surface area contributed by atoms with Gasteiger partial charge in [-0.15, -0.1) is 11.3 Å². The molecule has 208 valence electrons. The molecule has 39 heavy (non-hydrogen) atoms. The number of para-hydroxylation sites is 1. The van der Waals surface area contributed by atoms with Crippen LogP contribution in [0.3, 0.4) is 0 Å². The van der Waals surface area contributed by atoms with Crippen molar-refractivity contribution in [1.29, 1.82) is 0 Å². The summed E-state index contributed by atoms with van der Waals surface area (Å²) in [4.78, 5) is 36.9. The van der Waals surface area contributed by atoms with Crippen molar-refractivity contribution in [2.24, 2.45) is 5.92 Å². The summed E-state index contributed by atoms with van der Waals surface area (Å²) in [5.41, 5.74) is 1.94. The number of amides is 2. The van der Waals surface area contributed by atoms with Crippen LogP contribution in [-0.4, -0.2) is 69.5 Å². The Morgan fingerprint density at radius 2 is 1.79 bits per heavy atom. The number of benzene rings is 1. The van der Waals surface area contributed by atoms with E-state index in [2.05, 4.69) is 23.2 Å². The molecule has 1 aliphatic carbocycles. The number of nitrogens with one attached hydrogen (secondary N) is 1. The molecule has 0 radical (unpaired) electrons. The summed E-state index contributed by atoms with van der Waals surface area (Å²) >= 11 is 1.63. The first kappa shape index (κ1) is 27.7. The Balaban J connectivity index is 1.49. The van der Waals surface area contributed by atoms with Crippen LogP contribution in [0, 0.1) is 5.92 Å². The first-order valence-electron chi connectivity index (χ1n) is 14.2. The molecular weight excluding hydrogens is 508 g/mol. The van der Waals surface area contributed by atoms with Gasteiger partial charge in [-0.25, -0.2) is 4.98 Å². The lowest BCUT2D eigenvalue weighted by Gasteiger charge is -2.37. The molecule has 2 fully saturated rings. The minimum Gasteiger partial charge on any atom is -0.381 e. The van der Waals surface area contributed by atoms with Gasteiger partial charge in [-0.2, -0.15) is 0 Å². The summed E-state index contributed by atoms with van der Waals surface area (Å²) in [5.74, 6) is 0.235. The molecular formula is C31H40N4O3S. The highest BCUT2D eigenvalue weighted by molar-refractivity contribution is 7.13. The van der Waals surface area contributed by atoms with Crippen LogP contribution in [0.5, 0.6) is 0 Å². The SMILES string of the molecule is C[C@H](NC(=O)c1c(CN2CCN(C(=O)C(C)(C)O)CC2)c(-c2cccs2)nc2ccccc12)C1CCCCC1. The molecule has 7 nitrogen and oxygen atoms in total. The Labute approximate surface area is 235 Å². The number of pyridine rings is 1. The molecule has 2 aliphatic rings. The third-order valence-corrected chi connectivity index (χ3v) is 9.13. The Kier molecular flexibility index (Phi) is 8.35. The summed E-state index contributed by atoms with van der Waals surface area (Å²) in [6.45, 7) is 8.20. The van der Waals surface area contributed by atoms with E-state index in [0.717, 1.165) is 27.0 Å². The van der Waals surface area contributed by atoms with Crippen LogP contribution in [-0.2, 0) is 11.3 Å². The fraction of sp³-hybridized carbons (Fsp3) is 0.516. The number of nitrogens with zero attached hydrogens (tertiary/aromatic N) is 3. The number of piperazine rings is 1. The number of hydrogen-bond donors (Lipinski definition) is 2. The topological polar surface area (TPSA) is 85.8 Å². The molecule has 2 amide bonds. The second kappa shape index (κ2) is 11.7. The Bertz CT molecular complexity index is 1300. The zero-order valence-electron chi connectivity index (χ0n) is 23.3. The monoisotopic (exact) mass is 548 g/mol. The van der Waals surface area contributed by atoms with Crippen LogP contribution in [0.2, 0.25) is 0 Å². The molecule has 1 aromatic carbocycles. The van der Waals surface area contributed by atoms with Gasteiger partial charge in [0.25, 0.3) is 11.8 Å². The van der Waals surface area contributed by atoms with E-state index >= 15 is 0 Å². The number of carbonyl (C=O) groups is 2. The van der Waals surface area contributed by atoms with E-state index in [0.29, 0.717) is 44.2 Å². The standard InChI is InChI=1S/C31H40N4O3S/c1-21(22-10-5-4-6-11-22)32-29(36)27-23-12-7-8-13-25(23)33-28(26-14-9-19-39-26)24(27)20-34-15-17-35(18-16-34)30(37)31(2,3)38/h7-9,12-14,19,21-22,38H,4-6,10-11,15-18,20H2,1-3H3,(H,32,36)/t21-/m0/s1. The third kappa shape index (κ3) is 6.18. The maximum absolute atomic E-state index is 14.1. The van der Waals surface area contributed by atoms with Gasteiger partial charge in [0.05, 0.1) is 21.7 Å². The quantitative estimate of drug-likeness (QED) is 0.430. The zero-order valence-corrected chi connectivity index (χ0v) is 24.1. The molecule has 3 heterocycles. The molecule has 1 atom stereocenters. The van der Waals surface area contributed by atoms with Crippen molar-refractivity contribution >= 4 is 34.1 Å². The zero-order chi connectivity index (χ0) is 27.6. The average Bonchev–Trinajstić information content (AvgIpc) is 3.47. The van der Waals surface area contributed by atoms with Gasteiger partial charge in [-0.05, 0) is 57.0 Å². The maximum atomic E-state index is 14.1. The van der Waals surface area contributed by atoms with Crippen molar-refractivity contribution in [2.45, 2.75) is 71.1 Å². The van der Waals surface area contributed by atoms with E-state index in [1.807, 2.05) is 35.7 Å². The van der Waals surface area contributed by atoms with Crippen LogP contribution in [0.25, 0.3) is 21.5 Å². The van der Waals surface area contributed by atoms with Crippen molar-refractivity contribution in [3.8, 4) is 10.6 Å². The molecule has 1 aliphatic heterocycles. The second-order valence-corrected chi connectivity index (χ2v) is 12.5. The molecule has 8 heteroatoms. The average molecular weight is 549 g/mol. The number of hydrogen-bond acceptors (Lipinski definition) is 6. The number of rotatable bonds is 7. The number of aromatic nitrogens is 1. The van der Waals surface area contributed by atoms with Crippen molar-refractivity contribution in [2.75, 3.05) is 26.2 Å². The molecule has 0 bridgehead atoms. The highest BCUT2D eigenvalue weighted by Gasteiger charge is 2.33. The normalized spacial score (nSPS) is 18.3. The number of aliphatic hydroxyl groups is 1. The number of carbonyl (C=O) groups excluding carboxylic acids is 2. The largest absolute Gasteiger partial charge is 0.381 e. The lowest BCUT2D eigenvalue weighted by Crippen LogP contribution is -2.53. The van der Waals surface area contributed by atoms with Gasteiger partial charge in [-0.1, -0.05) is 43.5 Å².